The maximum absolute atomic E-state index is 5.58. The molecule has 0 saturated carbocycles. The third-order valence-corrected chi connectivity index (χ3v) is 4.02. The van der Waals surface area contributed by atoms with Gasteiger partial charge in [0.25, 0.3) is 0 Å². The van der Waals surface area contributed by atoms with Crippen LogP contribution < -0.4 is 5.73 Å². The van der Waals surface area contributed by atoms with Gasteiger partial charge in [-0.1, -0.05) is 13.0 Å². The fourth-order valence-electron chi connectivity index (χ4n) is 1.67. The van der Waals surface area contributed by atoms with Crippen molar-refractivity contribution in [1.82, 2.24) is 4.98 Å². The summed E-state index contributed by atoms with van der Waals surface area (Å²) in [4.78, 5) is 6.83. The van der Waals surface area contributed by atoms with E-state index >= 15 is 0 Å². The lowest BCUT2D eigenvalue weighted by Gasteiger charge is -2.05. The van der Waals surface area contributed by atoms with Gasteiger partial charge in [0.2, 0.25) is 0 Å². The summed E-state index contributed by atoms with van der Waals surface area (Å²) in [7, 11) is 0. The first kappa shape index (κ1) is 11.3. The lowest BCUT2D eigenvalue weighted by molar-refractivity contribution is 0.701. The van der Waals surface area contributed by atoms with E-state index in [1.807, 2.05) is 23.6 Å². The average molecular weight is 232 g/mol. The molecule has 1 unspecified atom stereocenters. The van der Waals surface area contributed by atoms with Gasteiger partial charge in [-0.2, -0.15) is 0 Å². The highest BCUT2D eigenvalue weighted by molar-refractivity contribution is 7.15. The van der Waals surface area contributed by atoms with Crippen molar-refractivity contribution >= 4 is 11.3 Å². The van der Waals surface area contributed by atoms with Crippen LogP contribution in [0.1, 0.15) is 24.1 Å². The molecule has 2 heterocycles. The smallest absolute Gasteiger partial charge is 0.0361 e. The fourth-order valence-corrected chi connectivity index (χ4v) is 2.76. The molecule has 0 amide bonds. The van der Waals surface area contributed by atoms with Gasteiger partial charge >= 0.3 is 0 Å². The first-order valence-electron chi connectivity index (χ1n) is 5.51. The van der Waals surface area contributed by atoms with Crippen molar-refractivity contribution in [2.45, 2.75) is 19.3 Å². The molecule has 0 aliphatic carbocycles. The molecule has 2 aromatic rings. The van der Waals surface area contributed by atoms with Crippen LogP contribution in [0.5, 0.6) is 0 Å². The molecule has 2 rings (SSSR count). The van der Waals surface area contributed by atoms with Crippen LogP contribution in [0.25, 0.3) is 10.4 Å². The van der Waals surface area contributed by atoms with Crippen LogP contribution in [0, 0.1) is 0 Å². The summed E-state index contributed by atoms with van der Waals surface area (Å²) in [6.45, 7) is 2.98. The van der Waals surface area contributed by atoms with Gasteiger partial charge in [-0.3, -0.25) is 4.98 Å². The van der Waals surface area contributed by atoms with E-state index in [2.05, 4.69) is 30.1 Å². The molecule has 0 radical (unpaired) electrons. The maximum atomic E-state index is 5.58. The van der Waals surface area contributed by atoms with Crippen molar-refractivity contribution in [3.05, 3.63) is 41.5 Å². The van der Waals surface area contributed by atoms with Crippen molar-refractivity contribution < 1.29 is 0 Å². The number of rotatable bonds is 4. The van der Waals surface area contributed by atoms with Gasteiger partial charge in [-0.05, 0) is 37.1 Å². The van der Waals surface area contributed by atoms with Crippen molar-refractivity contribution in [3.8, 4) is 10.4 Å². The molecule has 0 aromatic carbocycles. The quantitative estimate of drug-likeness (QED) is 0.878. The van der Waals surface area contributed by atoms with Gasteiger partial charge in [-0.25, -0.2) is 0 Å². The minimum atomic E-state index is 0.556. The van der Waals surface area contributed by atoms with Gasteiger partial charge in [0.15, 0.2) is 0 Å². The number of thiophene rings is 1. The Hall–Kier alpha value is -1.19. The first-order chi connectivity index (χ1) is 7.81. The molecular formula is C13H16N2S. The zero-order chi connectivity index (χ0) is 11.4. The van der Waals surface area contributed by atoms with Crippen LogP contribution in [-0.4, -0.2) is 11.5 Å². The largest absolute Gasteiger partial charge is 0.330 e. The Bertz CT molecular complexity index is 436. The Morgan fingerprint density at radius 3 is 2.94 bits per heavy atom. The molecule has 2 N–H and O–H groups in total. The Morgan fingerprint density at radius 2 is 2.25 bits per heavy atom. The Kier molecular flexibility index (Phi) is 3.70. The minimum Gasteiger partial charge on any atom is -0.330 e. The number of nitrogens with two attached hydrogens (primary N) is 1. The molecule has 0 saturated heterocycles. The second-order valence-corrected chi connectivity index (χ2v) is 5.04. The first-order valence-corrected chi connectivity index (χ1v) is 6.33. The second-order valence-electron chi connectivity index (χ2n) is 3.92. The molecule has 0 bridgehead atoms. The SMILES string of the molecule is CC(CCN)c1ccc(-c2cccnc2)s1. The number of pyridine rings is 1. The van der Waals surface area contributed by atoms with Gasteiger partial charge < -0.3 is 5.73 Å². The molecule has 1 atom stereocenters. The van der Waals surface area contributed by atoms with E-state index in [4.69, 9.17) is 5.73 Å². The van der Waals surface area contributed by atoms with Gasteiger partial charge in [0.1, 0.15) is 0 Å². The summed E-state index contributed by atoms with van der Waals surface area (Å²) in [6.07, 6.45) is 4.76. The number of hydrogen-bond donors (Lipinski definition) is 1. The molecule has 16 heavy (non-hydrogen) atoms. The van der Waals surface area contributed by atoms with E-state index in [1.54, 1.807) is 6.20 Å². The van der Waals surface area contributed by atoms with E-state index in [0.717, 1.165) is 13.0 Å². The van der Waals surface area contributed by atoms with Crippen LogP contribution in [0.2, 0.25) is 0 Å². The predicted octanol–water partition coefficient (Wildman–Crippen LogP) is 3.26. The normalized spacial score (nSPS) is 12.6. The molecule has 0 aliphatic heterocycles. The van der Waals surface area contributed by atoms with Crippen LogP contribution in [-0.2, 0) is 0 Å². The highest BCUT2D eigenvalue weighted by atomic mass is 32.1. The van der Waals surface area contributed by atoms with Gasteiger partial charge in [0, 0.05) is 27.7 Å². The van der Waals surface area contributed by atoms with E-state index in [9.17, 15) is 0 Å². The van der Waals surface area contributed by atoms with Crippen LogP contribution >= 0.6 is 11.3 Å². The Labute approximate surface area is 100 Å². The average Bonchev–Trinajstić information content (AvgIpc) is 2.80. The molecule has 0 fully saturated rings. The van der Waals surface area contributed by atoms with Crippen LogP contribution in [0.15, 0.2) is 36.7 Å². The Balaban J connectivity index is 2.20. The highest BCUT2D eigenvalue weighted by Gasteiger charge is 2.08. The summed E-state index contributed by atoms with van der Waals surface area (Å²) in [6, 6.07) is 8.44. The third kappa shape index (κ3) is 2.49. The zero-order valence-electron chi connectivity index (χ0n) is 9.39. The number of hydrogen-bond acceptors (Lipinski definition) is 3. The monoisotopic (exact) mass is 232 g/mol. The van der Waals surface area contributed by atoms with E-state index in [0.29, 0.717) is 5.92 Å². The molecule has 0 aliphatic rings. The van der Waals surface area contributed by atoms with Crippen molar-refractivity contribution in [2.75, 3.05) is 6.54 Å². The fraction of sp³-hybridized carbons (Fsp3) is 0.308. The predicted molar refractivity (Wildman–Crippen MR) is 69.6 cm³/mol. The van der Waals surface area contributed by atoms with Gasteiger partial charge in [0.05, 0.1) is 0 Å². The number of aromatic nitrogens is 1. The second kappa shape index (κ2) is 5.23. The molecule has 0 spiro atoms. The molecular weight excluding hydrogens is 216 g/mol. The van der Waals surface area contributed by atoms with E-state index in [-0.39, 0.29) is 0 Å². The highest BCUT2D eigenvalue weighted by Crippen LogP contribution is 2.32. The molecule has 2 nitrogen and oxygen atoms in total. The topological polar surface area (TPSA) is 38.9 Å². The summed E-state index contributed by atoms with van der Waals surface area (Å²) in [5.74, 6) is 0.556. The van der Waals surface area contributed by atoms with Gasteiger partial charge in [-0.15, -0.1) is 11.3 Å². The summed E-state index contributed by atoms with van der Waals surface area (Å²) in [5.41, 5.74) is 6.77. The molecule has 3 heteroatoms. The zero-order valence-corrected chi connectivity index (χ0v) is 10.2. The summed E-state index contributed by atoms with van der Waals surface area (Å²) >= 11 is 1.84. The molecule has 2 aromatic heterocycles. The van der Waals surface area contributed by atoms with Crippen molar-refractivity contribution in [3.63, 3.8) is 0 Å². The maximum Gasteiger partial charge on any atom is 0.0361 e. The standard InChI is InChI=1S/C13H16N2S/c1-10(6-7-14)12-4-5-13(16-12)11-3-2-8-15-9-11/h2-5,8-10H,6-7,14H2,1H3. The lowest BCUT2D eigenvalue weighted by Crippen LogP contribution is -2.03. The van der Waals surface area contributed by atoms with E-state index < -0.39 is 0 Å². The Morgan fingerprint density at radius 1 is 1.38 bits per heavy atom. The molecule has 84 valence electrons. The minimum absolute atomic E-state index is 0.556. The number of nitrogens with zero attached hydrogens (tertiary/aromatic N) is 1. The van der Waals surface area contributed by atoms with Crippen molar-refractivity contribution in [1.29, 1.82) is 0 Å². The van der Waals surface area contributed by atoms with Crippen molar-refractivity contribution in [2.24, 2.45) is 5.73 Å². The summed E-state index contributed by atoms with van der Waals surface area (Å²) in [5, 5.41) is 0. The summed E-state index contributed by atoms with van der Waals surface area (Å²) < 4.78 is 0. The van der Waals surface area contributed by atoms with Crippen LogP contribution in [0.3, 0.4) is 0 Å². The van der Waals surface area contributed by atoms with E-state index in [1.165, 1.54) is 15.3 Å². The van der Waals surface area contributed by atoms with Crippen LogP contribution in [0.4, 0.5) is 0 Å². The third-order valence-electron chi connectivity index (χ3n) is 2.66. The lowest BCUT2D eigenvalue weighted by atomic mass is 10.1.